The van der Waals surface area contributed by atoms with E-state index >= 15 is 0 Å². The summed E-state index contributed by atoms with van der Waals surface area (Å²) in [6, 6.07) is 0. The van der Waals surface area contributed by atoms with Gasteiger partial charge in [0.25, 0.3) is 0 Å². The van der Waals surface area contributed by atoms with E-state index in [4.69, 9.17) is 0 Å². The first-order chi connectivity index (χ1) is 7.90. The van der Waals surface area contributed by atoms with Crippen molar-refractivity contribution in [3.8, 4) is 0 Å². The summed E-state index contributed by atoms with van der Waals surface area (Å²) in [5.74, 6) is 0.235. The molecule has 0 aliphatic carbocycles. The van der Waals surface area contributed by atoms with Crippen molar-refractivity contribution in [2.24, 2.45) is 5.92 Å². The number of aliphatic hydroxyl groups excluding tert-OH is 1. The van der Waals surface area contributed by atoms with Gasteiger partial charge in [-0.15, -0.1) is 0 Å². The van der Waals surface area contributed by atoms with Crippen LogP contribution in [0.2, 0.25) is 0 Å². The largest absolute Gasteiger partial charge is 0.411 e. The number of nitrogens with one attached hydrogen (secondary N) is 1. The summed E-state index contributed by atoms with van der Waals surface area (Å²) in [4.78, 5) is 0. The molecule has 0 aliphatic heterocycles. The van der Waals surface area contributed by atoms with Gasteiger partial charge in [-0.1, -0.05) is 26.7 Å². The lowest BCUT2D eigenvalue weighted by atomic mass is 9.97. The van der Waals surface area contributed by atoms with E-state index in [-0.39, 0.29) is 12.5 Å². The van der Waals surface area contributed by atoms with Crippen LogP contribution in [0.15, 0.2) is 0 Å². The quantitative estimate of drug-likeness (QED) is 0.620. The van der Waals surface area contributed by atoms with Crippen molar-refractivity contribution < 1.29 is 23.0 Å². The normalized spacial score (nSPS) is 14.3. The Morgan fingerprint density at radius 3 is 2.29 bits per heavy atom. The molecule has 0 saturated heterocycles. The summed E-state index contributed by atoms with van der Waals surface area (Å²) >= 11 is 0. The molecule has 0 aromatic rings. The molecule has 0 bridgehead atoms. The fourth-order valence-electron chi connectivity index (χ4n) is 1.58. The highest BCUT2D eigenvalue weighted by atomic mass is 19.4. The Bertz CT molecular complexity index is 184. The second-order valence-electron chi connectivity index (χ2n) is 4.02. The Hall–Kier alpha value is -0.330. The monoisotopic (exact) mass is 257 g/mol. The Morgan fingerprint density at radius 2 is 1.82 bits per heavy atom. The molecule has 0 rings (SSSR count). The minimum atomic E-state index is -4.27. The molecule has 3 nitrogen and oxygen atoms in total. The number of hydrogen-bond acceptors (Lipinski definition) is 3. The Morgan fingerprint density at radius 1 is 1.24 bits per heavy atom. The molecule has 1 unspecified atom stereocenters. The summed E-state index contributed by atoms with van der Waals surface area (Å²) in [6.45, 7) is 3.49. The number of alkyl halides is 3. The summed E-state index contributed by atoms with van der Waals surface area (Å²) in [7, 11) is 0. The van der Waals surface area contributed by atoms with E-state index in [1.807, 2.05) is 13.8 Å². The maximum atomic E-state index is 11.7. The zero-order valence-electron chi connectivity index (χ0n) is 10.4. The molecule has 6 heteroatoms. The molecule has 0 aromatic carbocycles. The molecule has 0 aliphatic rings. The van der Waals surface area contributed by atoms with Gasteiger partial charge in [0.15, 0.2) is 0 Å². The number of rotatable bonds is 9. The van der Waals surface area contributed by atoms with Crippen molar-refractivity contribution in [2.45, 2.75) is 39.0 Å². The molecular weight excluding hydrogens is 235 g/mol. The smallest absolute Gasteiger partial charge is 0.392 e. The van der Waals surface area contributed by atoms with E-state index in [1.54, 1.807) is 0 Å². The fraction of sp³-hybridized carbons (Fsp3) is 1.00. The van der Waals surface area contributed by atoms with Crippen molar-refractivity contribution in [1.29, 1.82) is 0 Å². The van der Waals surface area contributed by atoms with Gasteiger partial charge in [-0.25, -0.2) is 0 Å². The summed E-state index contributed by atoms with van der Waals surface area (Å²) in [5.41, 5.74) is 0. The van der Waals surface area contributed by atoms with Crippen LogP contribution in [0.25, 0.3) is 0 Å². The maximum Gasteiger partial charge on any atom is 0.411 e. The first-order valence-corrected chi connectivity index (χ1v) is 5.94. The Balaban J connectivity index is 3.45. The lowest BCUT2D eigenvalue weighted by Gasteiger charge is -2.20. The van der Waals surface area contributed by atoms with E-state index in [0.717, 1.165) is 12.8 Å². The minimum absolute atomic E-state index is 0.00481. The number of halogens is 3. The third-order valence-electron chi connectivity index (χ3n) is 2.64. The highest BCUT2D eigenvalue weighted by molar-refractivity contribution is 4.68. The highest BCUT2D eigenvalue weighted by Crippen LogP contribution is 2.14. The van der Waals surface area contributed by atoms with Gasteiger partial charge >= 0.3 is 6.18 Å². The molecule has 2 N–H and O–H groups in total. The number of hydrogen-bond donors (Lipinski definition) is 2. The molecule has 0 heterocycles. The minimum Gasteiger partial charge on any atom is -0.392 e. The fourth-order valence-corrected chi connectivity index (χ4v) is 1.58. The van der Waals surface area contributed by atoms with E-state index in [9.17, 15) is 18.3 Å². The second kappa shape index (κ2) is 8.72. The molecule has 0 fully saturated rings. The SMILES string of the molecule is CCC(CC)C(O)CNCCOCC(F)(F)F. The van der Waals surface area contributed by atoms with Gasteiger partial charge in [0.05, 0.1) is 12.7 Å². The molecule has 0 amide bonds. The average molecular weight is 257 g/mol. The van der Waals surface area contributed by atoms with E-state index in [2.05, 4.69) is 10.1 Å². The van der Waals surface area contributed by atoms with Crippen LogP contribution in [0.3, 0.4) is 0 Å². The third-order valence-corrected chi connectivity index (χ3v) is 2.64. The first-order valence-electron chi connectivity index (χ1n) is 5.94. The van der Waals surface area contributed by atoms with Crippen LogP contribution in [-0.2, 0) is 4.74 Å². The Labute approximate surface area is 100 Å². The van der Waals surface area contributed by atoms with Crippen LogP contribution in [0.5, 0.6) is 0 Å². The topological polar surface area (TPSA) is 41.5 Å². The summed E-state index contributed by atoms with van der Waals surface area (Å²) in [6.07, 6.45) is -2.93. The molecule has 104 valence electrons. The van der Waals surface area contributed by atoms with Gasteiger partial charge in [-0.3, -0.25) is 0 Å². The van der Waals surface area contributed by atoms with Gasteiger partial charge < -0.3 is 15.2 Å². The predicted molar refractivity (Wildman–Crippen MR) is 59.8 cm³/mol. The van der Waals surface area contributed by atoms with Crippen LogP contribution in [0.4, 0.5) is 13.2 Å². The lowest BCUT2D eigenvalue weighted by molar-refractivity contribution is -0.173. The van der Waals surface area contributed by atoms with Crippen LogP contribution >= 0.6 is 0 Å². The van der Waals surface area contributed by atoms with Crippen LogP contribution < -0.4 is 5.32 Å². The highest BCUT2D eigenvalue weighted by Gasteiger charge is 2.27. The van der Waals surface area contributed by atoms with Crippen molar-refractivity contribution in [3.05, 3.63) is 0 Å². The molecule has 1 atom stereocenters. The van der Waals surface area contributed by atoms with Crippen LogP contribution in [0, 0.1) is 5.92 Å². The van der Waals surface area contributed by atoms with Gasteiger partial charge in [-0.05, 0) is 5.92 Å². The van der Waals surface area contributed by atoms with Crippen molar-refractivity contribution >= 4 is 0 Å². The lowest BCUT2D eigenvalue weighted by Crippen LogP contribution is -2.34. The summed E-state index contributed by atoms with van der Waals surface area (Å²) < 4.78 is 39.5. The number of ether oxygens (including phenoxy) is 1. The zero-order valence-corrected chi connectivity index (χ0v) is 10.4. The van der Waals surface area contributed by atoms with Crippen molar-refractivity contribution in [1.82, 2.24) is 5.32 Å². The maximum absolute atomic E-state index is 11.7. The van der Waals surface area contributed by atoms with Gasteiger partial charge in [-0.2, -0.15) is 13.2 Å². The average Bonchev–Trinajstić information content (AvgIpc) is 2.23. The summed E-state index contributed by atoms with van der Waals surface area (Å²) in [5, 5.41) is 12.6. The zero-order chi connectivity index (χ0) is 13.3. The van der Waals surface area contributed by atoms with E-state index in [0.29, 0.717) is 13.1 Å². The first kappa shape index (κ1) is 16.7. The number of aliphatic hydroxyl groups is 1. The van der Waals surface area contributed by atoms with E-state index in [1.165, 1.54) is 0 Å². The molecule has 0 saturated carbocycles. The van der Waals surface area contributed by atoms with Gasteiger partial charge in [0, 0.05) is 13.1 Å². The molecule has 0 spiro atoms. The van der Waals surface area contributed by atoms with Gasteiger partial charge in [0.2, 0.25) is 0 Å². The standard InChI is InChI=1S/C11H22F3NO2/c1-3-9(4-2)10(16)7-15-5-6-17-8-11(12,13)14/h9-10,15-16H,3-8H2,1-2H3. The van der Waals surface area contributed by atoms with Crippen molar-refractivity contribution in [2.75, 3.05) is 26.3 Å². The third kappa shape index (κ3) is 9.38. The van der Waals surface area contributed by atoms with E-state index < -0.39 is 18.9 Å². The molecule has 0 aromatic heterocycles. The molecule has 0 radical (unpaired) electrons. The van der Waals surface area contributed by atoms with Crippen molar-refractivity contribution in [3.63, 3.8) is 0 Å². The van der Waals surface area contributed by atoms with Crippen LogP contribution in [-0.4, -0.2) is 43.7 Å². The van der Waals surface area contributed by atoms with Crippen LogP contribution in [0.1, 0.15) is 26.7 Å². The second-order valence-corrected chi connectivity index (χ2v) is 4.02. The predicted octanol–water partition coefficient (Wildman–Crippen LogP) is 1.95. The Kier molecular flexibility index (Phi) is 8.55. The molecule has 17 heavy (non-hydrogen) atoms. The van der Waals surface area contributed by atoms with Gasteiger partial charge in [0.1, 0.15) is 6.61 Å². The molecular formula is C11H22F3NO2.